The molecular weight excluding hydrogens is 178 g/mol. The van der Waals surface area contributed by atoms with E-state index in [0.717, 1.165) is 0 Å². The molecule has 0 saturated heterocycles. The first-order chi connectivity index (χ1) is 5.97. The van der Waals surface area contributed by atoms with Gasteiger partial charge in [-0.25, -0.2) is 5.32 Å². The van der Waals surface area contributed by atoms with Crippen molar-refractivity contribution in [2.45, 2.75) is 12.8 Å². The quantitative estimate of drug-likeness (QED) is 0.537. The van der Waals surface area contributed by atoms with E-state index in [9.17, 15) is 13.2 Å². The van der Waals surface area contributed by atoms with E-state index in [1.165, 1.54) is 5.32 Å². The highest BCUT2D eigenvalue weighted by molar-refractivity contribution is 6.32. The lowest BCUT2D eigenvalue weighted by Gasteiger charge is -2.08. The zero-order valence-electron chi connectivity index (χ0n) is 6.73. The van der Waals surface area contributed by atoms with Crippen molar-refractivity contribution < 1.29 is 13.2 Å². The topological polar surface area (TPSA) is 12.0 Å². The van der Waals surface area contributed by atoms with Crippen LogP contribution in [0.2, 0.25) is 0 Å². The van der Waals surface area contributed by atoms with Crippen LogP contribution in [0.25, 0.3) is 0 Å². The Labute approximate surface area is 75.4 Å². The monoisotopic (exact) mass is 185 g/mol. The molecule has 0 aliphatic carbocycles. The number of benzene rings is 1. The van der Waals surface area contributed by atoms with Crippen LogP contribution in [0.3, 0.4) is 0 Å². The molecule has 1 nitrogen and oxygen atoms in total. The van der Waals surface area contributed by atoms with E-state index in [0.29, 0.717) is 11.0 Å². The lowest BCUT2D eigenvalue weighted by Crippen LogP contribution is -2.30. The molecular formula is C8H7BF3N. The van der Waals surface area contributed by atoms with Gasteiger partial charge in [0.2, 0.25) is 0 Å². The zero-order valence-corrected chi connectivity index (χ0v) is 6.73. The molecule has 0 aliphatic rings. The molecule has 2 radical (unpaired) electrons. The highest BCUT2D eigenvalue weighted by Crippen LogP contribution is 2.10. The number of alkyl halides is 3. The maximum absolute atomic E-state index is 11.7. The normalized spacial score (nSPS) is 11.6. The third-order valence-corrected chi connectivity index (χ3v) is 1.47. The Balaban J connectivity index is 2.51. The van der Waals surface area contributed by atoms with Crippen LogP contribution < -0.4 is 10.8 Å². The van der Waals surface area contributed by atoms with Gasteiger partial charge in [0.05, 0.1) is 0 Å². The van der Waals surface area contributed by atoms with E-state index in [4.69, 9.17) is 7.85 Å². The Morgan fingerprint density at radius 3 is 2.15 bits per heavy atom. The minimum absolute atomic E-state index is 0.232. The van der Waals surface area contributed by atoms with Gasteiger partial charge in [-0.1, -0.05) is 29.7 Å². The van der Waals surface area contributed by atoms with Gasteiger partial charge in [0.25, 0.3) is 0 Å². The summed E-state index contributed by atoms with van der Waals surface area (Å²) in [6.07, 6.45) is -4.33. The first kappa shape index (κ1) is 10.1. The Hall–Kier alpha value is -0.965. The van der Waals surface area contributed by atoms with Gasteiger partial charge in [0, 0.05) is 6.54 Å². The van der Waals surface area contributed by atoms with Gasteiger partial charge in [0.1, 0.15) is 7.85 Å². The second kappa shape index (κ2) is 3.83. The van der Waals surface area contributed by atoms with Crippen molar-refractivity contribution in [1.29, 1.82) is 0 Å². The van der Waals surface area contributed by atoms with Crippen molar-refractivity contribution in [1.82, 2.24) is 5.32 Å². The number of nitrogens with one attached hydrogen (secondary N) is 1. The van der Waals surface area contributed by atoms with Crippen LogP contribution in [0.4, 0.5) is 13.2 Å². The molecule has 1 N–H and O–H groups in total. The molecule has 5 heteroatoms. The van der Waals surface area contributed by atoms with E-state index < -0.39 is 6.30 Å². The predicted molar refractivity (Wildman–Crippen MR) is 44.7 cm³/mol. The maximum atomic E-state index is 11.7. The first-order valence-corrected chi connectivity index (χ1v) is 3.63. The lowest BCUT2D eigenvalue weighted by molar-refractivity contribution is -0.158. The van der Waals surface area contributed by atoms with Crippen LogP contribution >= 0.6 is 0 Å². The fourth-order valence-electron chi connectivity index (χ4n) is 0.838. The summed E-state index contributed by atoms with van der Waals surface area (Å²) in [6, 6.07) is 6.23. The van der Waals surface area contributed by atoms with Crippen molar-refractivity contribution >= 4 is 13.3 Å². The second-order valence-corrected chi connectivity index (χ2v) is 2.59. The van der Waals surface area contributed by atoms with Gasteiger partial charge >= 0.3 is 6.30 Å². The minimum atomic E-state index is -4.33. The summed E-state index contributed by atoms with van der Waals surface area (Å²) >= 11 is 0. The van der Waals surface area contributed by atoms with E-state index in [1.807, 2.05) is 0 Å². The van der Waals surface area contributed by atoms with Crippen molar-refractivity contribution in [2.24, 2.45) is 0 Å². The van der Waals surface area contributed by atoms with Gasteiger partial charge in [-0.15, -0.1) is 0 Å². The summed E-state index contributed by atoms with van der Waals surface area (Å²) in [5.74, 6) is 0. The largest absolute Gasteiger partial charge is 0.457 e. The molecule has 0 saturated carbocycles. The smallest absolute Gasteiger partial charge is 0.224 e. The number of hydrogen-bond acceptors (Lipinski definition) is 1. The Bertz CT molecular complexity index is 268. The third kappa shape index (κ3) is 3.98. The van der Waals surface area contributed by atoms with Gasteiger partial charge in [-0.05, 0) is 5.56 Å². The SMILES string of the molecule is [B]c1ccc(CNC(F)(F)F)cc1. The molecule has 0 unspecified atom stereocenters. The Morgan fingerprint density at radius 1 is 1.15 bits per heavy atom. The molecule has 0 amide bonds. The van der Waals surface area contributed by atoms with E-state index in [-0.39, 0.29) is 6.54 Å². The highest BCUT2D eigenvalue weighted by Gasteiger charge is 2.25. The molecule has 1 rings (SSSR count). The zero-order chi connectivity index (χ0) is 9.90. The van der Waals surface area contributed by atoms with Crippen molar-refractivity contribution in [3.63, 3.8) is 0 Å². The minimum Gasteiger partial charge on any atom is -0.224 e. The fourth-order valence-corrected chi connectivity index (χ4v) is 0.838. The summed E-state index contributed by atoms with van der Waals surface area (Å²) in [5.41, 5.74) is 1.09. The van der Waals surface area contributed by atoms with Crippen LogP contribution in [-0.2, 0) is 6.54 Å². The van der Waals surface area contributed by atoms with E-state index >= 15 is 0 Å². The second-order valence-electron chi connectivity index (χ2n) is 2.59. The molecule has 68 valence electrons. The Kier molecular flexibility index (Phi) is 2.98. The molecule has 0 heterocycles. The van der Waals surface area contributed by atoms with Gasteiger partial charge in [0.15, 0.2) is 0 Å². The van der Waals surface area contributed by atoms with Crippen LogP contribution in [0, 0.1) is 0 Å². The molecule has 0 bridgehead atoms. The van der Waals surface area contributed by atoms with Crippen molar-refractivity contribution in [3.8, 4) is 0 Å². The first-order valence-electron chi connectivity index (χ1n) is 3.63. The molecule has 0 aromatic heterocycles. The molecule has 0 spiro atoms. The molecule has 13 heavy (non-hydrogen) atoms. The summed E-state index contributed by atoms with van der Waals surface area (Å²) in [4.78, 5) is 0. The summed E-state index contributed by atoms with van der Waals surface area (Å²) < 4.78 is 35.1. The van der Waals surface area contributed by atoms with Crippen LogP contribution in [0.5, 0.6) is 0 Å². The fraction of sp³-hybridized carbons (Fsp3) is 0.250. The van der Waals surface area contributed by atoms with Crippen LogP contribution in [-0.4, -0.2) is 14.1 Å². The average molecular weight is 185 g/mol. The molecule has 0 fully saturated rings. The third-order valence-electron chi connectivity index (χ3n) is 1.47. The highest BCUT2D eigenvalue weighted by atomic mass is 19.4. The molecule has 1 aromatic carbocycles. The summed E-state index contributed by atoms with van der Waals surface area (Å²) in [6.45, 7) is -0.232. The lowest BCUT2D eigenvalue weighted by atomic mass is 9.95. The summed E-state index contributed by atoms with van der Waals surface area (Å²) in [5, 5.41) is 1.42. The summed E-state index contributed by atoms with van der Waals surface area (Å²) in [7, 11) is 5.37. The van der Waals surface area contributed by atoms with E-state index in [1.54, 1.807) is 24.3 Å². The van der Waals surface area contributed by atoms with Gasteiger partial charge < -0.3 is 0 Å². The average Bonchev–Trinajstić information content (AvgIpc) is 2.02. The molecule has 1 aromatic rings. The Morgan fingerprint density at radius 2 is 1.69 bits per heavy atom. The van der Waals surface area contributed by atoms with Gasteiger partial charge in [-0.2, -0.15) is 13.2 Å². The van der Waals surface area contributed by atoms with Gasteiger partial charge in [-0.3, -0.25) is 0 Å². The molecule has 0 atom stereocenters. The van der Waals surface area contributed by atoms with E-state index in [2.05, 4.69) is 0 Å². The number of hydrogen-bond donors (Lipinski definition) is 1. The van der Waals surface area contributed by atoms with Crippen LogP contribution in [0.1, 0.15) is 5.56 Å². The standard InChI is InChI=1S/C8H7BF3N/c9-7-3-1-6(2-4-7)5-13-8(10,11)12/h1-4,13H,5H2. The number of halogens is 3. The predicted octanol–water partition coefficient (Wildman–Crippen LogP) is 1.09. The van der Waals surface area contributed by atoms with Crippen molar-refractivity contribution in [3.05, 3.63) is 29.8 Å². The molecule has 0 aliphatic heterocycles. The number of rotatable bonds is 2. The van der Waals surface area contributed by atoms with Crippen molar-refractivity contribution in [2.75, 3.05) is 0 Å². The van der Waals surface area contributed by atoms with Crippen LogP contribution in [0.15, 0.2) is 24.3 Å². The maximum Gasteiger partial charge on any atom is 0.457 e.